The summed E-state index contributed by atoms with van der Waals surface area (Å²) in [7, 11) is 0. The topological polar surface area (TPSA) is 66.4 Å². The molecule has 168 valence electrons. The van der Waals surface area contributed by atoms with Gasteiger partial charge in [0, 0.05) is 16.8 Å². The molecular formula is C19H11F6N4OS2-. The third kappa shape index (κ3) is 6.17. The number of thiazole rings is 1. The van der Waals surface area contributed by atoms with Crippen LogP contribution in [0.15, 0.2) is 58.3 Å². The molecule has 1 aromatic heterocycles. The summed E-state index contributed by atoms with van der Waals surface area (Å²) in [4.78, 5) is 19.8. The molecule has 3 aromatic rings. The number of hydrogen-bond acceptors (Lipinski definition) is 5. The van der Waals surface area contributed by atoms with Crippen molar-refractivity contribution in [3.63, 3.8) is 0 Å². The molecule has 0 atom stereocenters. The van der Waals surface area contributed by atoms with E-state index in [0.29, 0.717) is 17.8 Å². The molecule has 0 spiro atoms. The van der Waals surface area contributed by atoms with E-state index in [-0.39, 0.29) is 22.6 Å². The standard InChI is InChI=1S/C19H12F6N4OS2/c20-18(21,22)10-5-11(19(23,24)25)7-14(6-10)29-17(31)28-13-3-1-12(2-4-13)27-16(30)15-8-32-9-26-15/h1-9H,(H,27,30)(H2,28,29,31)/p-1. The maximum absolute atomic E-state index is 13.0. The second-order valence-corrected chi connectivity index (χ2v) is 7.32. The van der Waals surface area contributed by atoms with Crippen molar-refractivity contribution in [2.24, 2.45) is 4.99 Å². The Hall–Kier alpha value is -3.19. The Balaban J connectivity index is 1.76. The predicted octanol–water partition coefficient (Wildman–Crippen LogP) is 6.08. The first-order valence-corrected chi connectivity index (χ1v) is 9.89. The monoisotopic (exact) mass is 489 g/mol. The van der Waals surface area contributed by atoms with Gasteiger partial charge in [-0.05, 0) is 47.6 Å². The second-order valence-electron chi connectivity index (χ2n) is 6.21. The number of benzene rings is 2. The number of amides is 1. The fraction of sp³-hybridized carbons (Fsp3) is 0.105. The lowest BCUT2D eigenvalue weighted by atomic mass is 10.1. The Morgan fingerprint density at radius 1 is 0.906 bits per heavy atom. The molecule has 0 radical (unpaired) electrons. The summed E-state index contributed by atoms with van der Waals surface area (Å²) in [5.41, 5.74) is -1.02. The summed E-state index contributed by atoms with van der Waals surface area (Å²) in [5, 5.41) is 6.10. The minimum absolute atomic E-state index is 0.0179. The molecule has 2 N–H and O–H groups in total. The van der Waals surface area contributed by atoms with E-state index in [2.05, 4.69) is 20.6 Å². The lowest BCUT2D eigenvalue weighted by Crippen LogP contribution is -2.14. The Labute approximate surface area is 186 Å². The summed E-state index contributed by atoms with van der Waals surface area (Å²) >= 11 is 6.19. The molecule has 0 bridgehead atoms. The summed E-state index contributed by atoms with van der Waals surface area (Å²) in [6.07, 6.45) is -9.95. The summed E-state index contributed by atoms with van der Waals surface area (Å²) in [6.45, 7) is 0. The van der Waals surface area contributed by atoms with Crippen LogP contribution in [0.5, 0.6) is 0 Å². The van der Waals surface area contributed by atoms with Crippen LogP contribution in [0.4, 0.5) is 43.4 Å². The highest BCUT2D eigenvalue weighted by molar-refractivity contribution is 7.77. The quantitative estimate of drug-likeness (QED) is 0.202. The molecule has 0 saturated carbocycles. The number of halogens is 6. The molecule has 0 aliphatic rings. The van der Waals surface area contributed by atoms with E-state index in [1.807, 2.05) is 0 Å². The summed E-state index contributed by atoms with van der Waals surface area (Å²) in [6, 6.07) is 6.94. The van der Waals surface area contributed by atoms with E-state index >= 15 is 0 Å². The van der Waals surface area contributed by atoms with E-state index in [0.717, 1.165) is 0 Å². The number of alkyl halides is 6. The van der Waals surface area contributed by atoms with Gasteiger partial charge in [0.05, 0.1) is 22.3 Å². The van der Waals surface area contributed by atoms with E-state index in [1.54, 1.807) is 5.38 Å². The molecule has 0 aliphatic heterocycles. The van der Waals surface area contributed by atoms with E-state index in [4.69, 9.17) is 12.6 Å². The van der Waals surface area contributed by atoms with Crippen LogP contribution in [-0.4, -0.2) is 16.1 Å². The van der Waals surface area contributed by atoms with Gasteiger partial charge in [-0.25, -0.2) is 4.98 Å². The molecule has 0 unspecified atom stereocenters. The SMILES string of the molecule is O=C(Nc1ccc(N=C([S-])Nc2cc(C(F)(F)F)cc(C(F)(F)F)c2)cc1)c1cscn1. The van der Waals surface area contributed by atoms with Gasteiger partial charge >= 0.3 is 12.4 Å². The van der Waals surface area contributed by atoms with Crippen LogP contribution in [0.2, 0.25) is 0 Å². The molecule has 0 aliphatic carbocycles. The number of aromatic nitrogens is 1. The Bertz CT molecular complexity index is 1090. The molecule has 0 fully saturated rings. The van der Waals surface area contributed by atoms with Crippen molar-refractivity contribution in [2.45, 2.75) is 12.4 Å². The van der Waals surface area contributed by atoms with Gasteiger partial charge < -0.3 is 23.3 Å². The van der Waals surface area contributed by atoms with Gasteiger partial charge in [-0.3, -0.25) is 9.79 Å². The molecule has 3 rings (SSSR count). The minimum Gasteiger partial charge on any atom is -0.742 e. The zero-order chi connectivity index (χ0) is 23.5. The van der Waals surface area contributed by atoms with Crippen LogP contribution >= 0.6 is 11.3 Å². The van der Waals surface area contributed by atoms with E-state index < -0.39 is 35.1 Å². The first-order chi connectivity index (χ1) is 14.9. The second kappa shape index (κ2) is 9.12. The minimum atomic E-state index is -4.98. The predicted molar refractivity (Wildman–Crippen MR) is 111 cm³/mol. The third-order valence-electron chi connectivity index (χ3n) is 3.86. The lowest BCUT2D eigenvalue weighted by molar-refractivity contribution is -0.143. The van der Waals surface area contributed by atoms with Crippen LogP contribution < -0.4 is 10.6 Å². The van der Waals surface area contributed by atoms with Crippen LogP contribution in [0.3, 0.4) is 0 Å². The molecule has 5 nitrogen and oxygen atoms in total. The van der Waals surface area contributed by atoms with Crippen molar-refractivity contribution < 1.29 is 31.1 Å². The number of anilines is 2. The smallest absolute Gasteiger partial charge is 0.416 e. The van der Waals surface area contributed by atoms with Crippen molar-refractivity contribution in [1.29, 1.82) is 0 Å². The largest absolute Gasteiger partial charge is 0.742 e. The maximum Gasteiger partial charge on any atom is 0.416 e. The van der Waals surface area contributed by atoms with Gasteiger partial charge in [0.25, 0.3) is 5.91 Å². The van der Waals surface area contributed by atoms with Crippen LogP contribution in [-0.2, 0) is 25.0 Å². The number of nitrogens with zero attached hydrogens (tertiary/aromatic N) is 2. The highest BCUT2D eigenvalue weighted by atomic mass is 32.1. The Morgan fingerprint density at radius 2 is 1.50 bits per heavy atom. The van der Waals surface area contributed by atoms with Crippen LogP contribution in [0.25, 0.3) is 0 Å². The maximum atomic E-state index is 13.0. The molecule has 13 heteroatoms. The third-order valence-corrected chi connectivity index (χ3v) is 4.64. The Kier molecular flexibility index (Phi) is 6.69. The van der Waals surface area contributed by atoms with Crippen molar-refractivity contribution in [3.8, 4) is 0 Å². The van der Waals surface area contributed by atoms with Crippen molar-refractivity contribution in [3.05, 3.63) is 70.2 Å². The fourth-order valence-corrected chi connectivity index (χ4v) is 3.19. The van der Waals surface area contributed by atoms with Crippen molar-refractivity contribution in [1.82, 2.24) is 4.98 Å². The zero-order valence-corrected chi connectivity index (χ0v) is 17.2. The highest BCUT2D eigenvalue weighted by Crippen LogP contribution is 2.37. The number of carbonyl (C=O) groups excluding carboxylic acids is 1. The molecule has 1 heterocycles. The van der Waals surface area contributed by atoms with Crippen LogP contribution in [0.1, 0.15) is 21.6 Å². The normalized spacial score (nSPS) is 12.5. The van der Waals surface area contributed by atoms with Crippen molar-refractivity contribution in [2.75, 3.05) is 10.6 Å². The van der Waals surface area contributed by atoms with E-state index in [1.165, 1.54) is 41.1 Å². The van der Waals surface area contributed by atoms with E-state index in [9.17, 15) is 31.1 Å². The molecular weight excluding hydrogens is 478 g/mol. The lowest BCUT2D eigenvalue weighted by Gasteiger charge is -2.18. The van der Waals surface area contributed by atoms with Crippen LogP contribution in [0, 0.1) is 0 Å². The van der Waals surface area contributed by atoms with Crippen molar-refractivity contribution >= 4 is 52.1 Å². The average Bonchev–Trinajstić information content (AvgIpc) is 3.23. The first kappa shape index (κ1) is 23.5. The number of rotatable bonds is 4. The average molecular weight is 489 g/mol. The van der Waals surface area contributed by atoms with Gasteiger partial charge in [-0.2, -0.15) is 26.3 Å². The van der Waals surface area contributed by atoms with Gasteiger partial charge in [-0.15, -0.1) is 11.3 Å². The fourth-order valence-electron chi connectivity index (χ4n) is 2.43. The number of amidine groups is 1. The van der Waals surface area contributed by atoms with Gasteiger partial charge in [0.15, 0.2) is 0 Å². The summed E-state index contributed by atoms with van der Waals surface area (Å²) in [5.74, 6) is -0.418. The molecule has 2 aromatic carbocycles. The number of carbonyl (C=O) groups is 1. The Morgan fingerprint density at radius 3 is 2.00 bits per heavy atom. The number of nitrogens with one attached hydrogen (secondary N) is 2. The van der Waals surface area contributed by atoms with Gasteiger partial charge in [0.1, 0.15) is 5.69 Å². The molecule has 32 heavy (non-hydrogen) atoms. The first-order valence-electron chi connectivity index (χ1n) is 8.53. The van der Waals surface area contributed by atoms with Gasteiger partial charge in [-0.1, -0.05) is 0 Å². The highest BCUT2D eigenvalue weighted by Gasteiger charge is 2.36. The molecule has 1 amide bonds. The van der Waals surface area contributed by atoms with Gasteiger partial charge in [0.2, 0.25) is 0 Å². The number of aliphatic imine (C=N–C) groups is 1. The molecule has 0 saturated heterocycles. The number of hydrogen-bond donors (Lipinski definition) is 2. The zero-order valence-electron chi connectivity index (χ0n) is 15.6. The summed E-state index contributed by atoms with van der Waals surface area (Å²) < 4.78 is 77.7.